The van der Waals surface area contributed by atoms with Gasteiger partial charge in [0.15, 0.2) is 0 Å². The Hall–Kier alpha value is -3.31. The van der Waals surface area contributed by atoms with Gasteiger partial charge in [-0.15, -0.1) is 0 Å². The molecule has 0 fully saturated rings. The van der Waals surface area contributed by atoms with Crippen LogP contribution < -0.4 is 25.2 Å². The number of hydrogen-bond donors (Lipinski definition) is 3. The number of ether oxygens (including phenoxy) is 3. The maximum absolute atomic E-state index is 12.8. The van der Waals surface area contributed by atoms with E-state index in [4.69, 9.17) is 19.3 Å². The third-order valence-electron chi connectivity index (χ3n) is 3.84. The SMILES string of the molecule is COc1ccc(NC(=O)c2cc(S(N)(=O)=O)ccc2OC)cc1NC(=O)OC(C)(C)C. The highest BCUT2D eigenvalue weighted by Gasteiger charge is 2.20. The topological polar surface area (TPSA) is 146 Å². The molecule has 0 unspecified atom stereocenters. The van der Waals surface area contributed by atoms with Crippen molar-refractivity contribution in [3.63, 3.8) is 0 Å². The predicted octanol–water partition coefficient (Wildman–Crippen LogP) is 2.95. The van der Waals surface area contributed by atoms with Crippen LogP contribution in [0.5, 0.6) is 11.5 Å². The lowest BCUT2D eigenvalue weighted by Gasteiger charge is -2.20. The van der Waals surface area contributed by atoms with E-state index >= 15 is 0 Å². The molecule has 4 N–H and O–H groups in total. The molecule has 0 aromatic heterocycles. The molecule has 0 radical (unpaired) electrons. The first-order valence-electron chi connectivity index (χ1n) is 9.04. The Morgan fingerprint density at radius 1 is 0.935 bits per heavy atom. The molecule has 0 spiro atoms. The highest BCUT2D eigenvalue weighted by molar-refractivity contribution is 7.89. The molecule has 0 aliphatic rings. The normalized spacial score (nSPS) is 11.4. The fourth-order valence-corrected chi connectivity index (χ4v) is 3.08. The minimum atomic E-state index is -4.01. The monoisotopic (exact) mass is 451 g/mol. The first-order valence-corrected chi connectivity index (χ1v) is 10.6. The van der Waals surface area contributed by atoms with Crippen molar-refractivity contribution in [2.24, 2.45) is 5.14 Å². The third kappa shape index (κ3) is 6.59. The molecule has 2 rings (SSSR count). The summed E-state index contributed by atoms with van der Waals surface area (Å²) in [7, 11) is -1.24. The first-order chi connectivity index (χ1) is 14.3. The van der Waals surface area contributed by atoms with Crippen molar-refractivity contribution >= 4 is 33.4 Å². The van der Waals surface area contributed by atoms with Gasteiger partial charge in [-0.1, -0.05) is 0 Å². The van der Waals surface area contributed by atoms with Crippen LogP contribution in [0.3, 0.4) is 0 Å². The smallest absolute Gasteiger partial charge is 0.412 e. The van der Waals surface area contributed by atoms with E-state index in [1.54, 1.807) is 32.9 Å². The van der Waals surface area contributed by atoms with E-state index in [1.165, 1.54) is 32.4 Å². The third-order valence-corrected chi connectivity index (χ3v) is 4.75. The zero-order chi connectivity index (χ0) is 23.4. The van der Waals surface area contributed by atoms with E-state index in [2.05, 4.69) is 10.6 Å². The second kappa shape index (κ2) is 9.23. The number of primary sulfonamides is 1. The number of methoxy groups -OCH3 is 2. The quantitative estimate of drug-likeness (QED) is 0.612. The summed E-state index contributed by atoms with van der Waals surface area (Å²) in [4.78, 5) is 24.6. The molecule has 0 saturated carbocycles. The molecule has 0 saturated heterocycles. The van der Waals surface area contributed by atoms with E-state index in [9.17, 15) is 18.0 Å². The van der Waals surface area contributed by atoms with Crippen LogP contribution in [0.25, 0.3) is 0 Å². The predicted molar refractivity (Wildman–Crippen MR) is 115 cm³/mol. The maximum Gasteiger partial charge on any atom is 0.412 e. The standard InChI is InChI=1S/C20H25N3O7S/c1-20(2,3)30-19(25)23-15-10-12(6-8-17(15)29-5)22-18(24)14-11-13(31(21,26)27)7-9-16(14)28-4/h6-11H,1-5H3,(H,22,24)(H,23,25)(H2,21,26,27). The van der Waals surface area contributed by atoms with E-state index < -0.39 is 27.6 Å². The van der Waals surface area contributed by atoms with Crippen molar-refractivity contribution in [1.82, 2.24) is 0 Å². The number of nitrogens with two attached hydrogens (primary N) is 1. The van der Waals surface area contributed by atoms with E-state index in [1.807, 2.05) is 0 Å². The molecule has 0 heterocycles. The summed E-state index contributed by atoms with van der Waals surface area (Å²) < 4.78 is 38.8. The van der Waals surface area contributed by atoms with Gasteiger partial charge in [0.25, 0.3) is 5.91 Å². The minimum Gasteiger partial charge on any atom is -0.496 e. The molecule has 168 valence electrons. The van der Waals surface area contributed by atoms with Crippen molar-refractivity contribution in [2.75, 3.05) is 24.9 Å². The summed E-state index contributed by atoms with van der Waals surface area (Å²) in [5.41, 5.74) is -0.167. The van der Waals surface area contributed by atoms with Gasteiger partial charge in [0.05, 0.1) is 30.4 Å². The fraction of sp³-hybridized carbons (Fsp3) is 0.300. The molecular weight excluding hydrogens is 426 g/mol. The van der Waals surface area contributed by atoms with Gasteiger partial charge in [-0.3, -0.25) is 10.1 Å². The number of benzene rings is 2. The van der Waals surface area contributed by atoms with Crippen molar-refractivity contribution in [1.29, 1.82) is 0 Å². The zero-order valence-electron chi connectivity index (χ0n) is 17.8. The maximum atomic E-state index is 12.8. The average molecular weight is 452 g/mol. The van der Waals surface area contributed by atoms with Gasteiger partial charge >= 0.3 is 6.09 Å². The number of amides is 2. The summed E-state index contributed by atoms with van der Waals surface area (Å²) in [5.74, 6) is -0.140. The molecule has 2 aromatic carbocycles. The van der Waals surface area contributed by atoms with Crippen LogP contribution in [0.4, 0.5) is 16.2 Å². The molecule has 2 amide bonds. The highest BCUT2D eigenvalue weighted by Crippen LogP contribution is 2.29. The number of sulfonamides is 1. The van der Waals surface area contributed by atoms with Crippen LogP contribution in [-0.4, -0.2) is 40.2 Å². The fourth-order valence-electron chi connectivity index (χ4n) is 2.54. The van der Waals surface area contributed by atoms with Gasteiger partial charge < -0.3 is 19.5 Å². The van der Waals surface area contributed by atoms with Crippen LogP contribution in [-0.2, 0) is 14.8 Å². The molecule has 2 aromatic rings. The minimum absolute atomic E-state index is 0.0357. The lowest BCUT2D eigenvalue weighted by atomic mass is 10.1. The van der Waals surface area contributed by atoms with Gasteiger partial charge in [-0.25, -0.2) is 18.4 Å². The molecule has 11 heteroatoms. The molecule has 0 aliphatic heterocycles. The summed E-state index contributed by atoms with van der Waals surface area (Å²) in [5, 5.41) is 10.3. The van der Waals surface area contributed by atoms with Crippen molar-refractivity contribution in [3.8, 4) is 11.5 Å². The van der Waals surface area contributed by atoms with Gasteiger partial charge in [-0.05, 0) is 57.2 Å². The van der Waals surface area contributed by atoms with Crippen molar-refractivity contribution in [2.45, 2.75) is 31.3 Å². The summed E-state index contributed by atoms with van der Waals surface area (Å²) in [6.07, 6.45) is -0.697. The van der Waals surface area contributed by atoms with Crippen LogP contribution in [0.1, 0.15) is 31.1 Å². The number of nitrogens with one attached hydrogen (secondary N) is 2. The van der Waals surface area contributed by atoms with Gasteiger partial charge in [0.2, 0.25) is 10.0 Å². The van der Waals surface area contributed by atoms with E-state index in [-0.39, 0.29) is 21.9 Å². The number of carbonyl (C=O) groups is 2. The Balaban J connectivity index is 2.32. The molecule has 0 atom stereocenters. The van der Waals surface area contributed by atoms with E-state index in [0.29, 0.717) is 11.4 Å². The lowest BCUT2D eigenvalue weighted by Crippen LogP contribution is -2.27. The molecule has 10 nitrogen and oxygen atoms in total. The van der Waals surface area contributed by atoms with Crippen LogP contribution >= 0.6 is 0 Å². The second-order valence-electron chi connectivity index (χ2n) is 7.40. The number of hydrogen-bond acceptors (Lipinski definition) is 7. The summed E-state index contributed by atoms with van der Waals surface area (Å²) >= 11 is 0. The van der Waals surface area contributed by atoms with Gasteiger partial charge in [0.1, 0.15) is 17.1 Å². The van der Waals surface area contributed by atoms with Crippen LogP contribution in [0, 0.1) is 0 Å². The Morgan fingerprint density at radius 2 is 1.55 bits per heavy atom. The number of rotatable bonds is 6. The van der Waals surface area contributed by atoms with Crippen molar-refractivity contribution < 1.29 is 32.2 Å². The Kier molecular flexibility index (Phi) is 7.13. The first kappa shape index (κ1) is 24.0. The highest BCUT2D eigenvalue weighted by atomic mass is 32.2. The second-order valence-corrected chi connectivity index (χ2v) is 8.96. The molecular formula is C20H25N3O7S. The van der Waals surface area contributed by atoms with E-state index in [0.717, 1.165) is 6.07 Å². The van der Waals surface area contributed by atoms with Crippen LogP contribution in [0.15, 0.2) is 41.3 Å². The zero-order valence-corrected chi connectivity index (χ0v) is 18.6. The van der Waals surface area contributed by atoms with Gasteiger partial charge in [0, 0.05) is 5.69 Å². The Morgan fingerprint density at radius 3 is 2.10 bits per heavy atom. The Bertz CT molecular complexity index is 1090. The summed E-state index contributed by atoms with van der Waals surface area (Å²) in [6, 6.07) is 8.25. The number of carbonyl (C=O) groups excluding carboxylic acids is 2. The number of anilines is 2. The van der Waals surface area contributed by atoms with Gasteiger partial charge in [-0.2, -0.15) is 0 Å². The molecule has 0 aliphatic carbocycles. The largest absolute Gasteiger partial charge is 0.496 e. The molecule has 0 bridgehead atoms. The Labute approximate surface area is 180 Å². The van der Waals surface area contributed by atoms with Crippen molar-refractivity contribution in [3.05, 3.63) is 42.0 Å². The van der Waals surface area contributed by atoms with Crippen LogP contribution in [0.2, 0.25) is 0 Å². The summed E-state index contributed by atoms with van der Waals surface area (Å²) in [6.45, 7) is 5.18. The molecule has 31 heavy (non-hydrogen) atoms. The lowest BCUT2D eigenvalue weighted by molar-refractivity contribution is 0.0635. The average Bonchev–Trinajstić information content (AvgIpc) is 2.65.